The van der Waals surface area contributed by atoms with Crippen molar-refractivity contribution in [2.24, 2.45) is 11.8 Å². The van der Waals surface area contributed by atoms with Gasteiger partial charge in [0.25, 0.3) is 0 Å². The number of esters is 1. The van der Waals surface area contributed by atoms with Crippen molar-refractivity contribution in [3.63, 3.8) is 0 Å². The molecule has 0 aliphatic carbocycles. The lowest BCUT2D eigenvalue weighted by atomic mass is 9.98. The first-order valence-corrected chi connectivity index (χ1v) is 27.0. The highest BCUT2D eigenvalue weighted by atomic mass is 127. The van der Waals surface area contributed by atoms with Gasteiger partial charge in [0.15, 0.2) is 11.6 Å². The Balaban J connectivity index is 0.000000188. The van der Waals surface area contributed by atoms with Crippen molar-refractivity contribution in [2.75, 3.05) is 77.5 Å². The van der Waals surface area contributed by atoms with Crippen LogP contribution in [0, 0.1) is 11.8 Å². The van der Waals surface area contributed by atoms with Crippen LogP contribution in [0.5, 0.6) is 0 Å². The van der Waals surface area contributed by atoms with Crippen molar-refractivity contribution in [2.45, 2.75) is 52.1 Å². The molecule has 80 heavy (non-hydrogen) atoms. The first-order valence-electron chi connectivity index (χ1n) is 27.0. The molecule has 10 rings (SSSR count). The molecule has 6 aromatic carbocycles. The second-order valence-corrected chi connectivity index (χ2v) is 20.2. The van der Waals surface area contributed by atoms with Gasteiger partial charge >= 0.3 is 11.9 Å². The third kappa shape index (κ3) is 18.9. The molecule has 2 aliphatic rings. The van der Waals surface area contributed by atoms with E-state index in [1.165, 1.54) is 0 Å². The molecule has 0 amide bonds. The largest absolute Gasteiger partial charge is 0.480 e. The maximum Gasteiger partial charge on any atom is 0.332 e. The Morgan fingerprint density at radius 2 is 0.838 bits per heavy atom. The molecule has 2 saturated heterocycles. The Labute approximate surface area is 487 Å². The predicted octanol–water partition coefficient (Wildman–Crippen LogP) is 13.8. The first kappa shape index (κ1) is 59.7. The van der Waals surface area contributed by atoms with Gasteiger partial charge in [-0.25, -0.2) is 19.6 Å². The fourth-order valence-corrected chi connectivity index (χ4v) is 9.21. The summed E-state index contributed by atoms with van der Waals surface area (Å²) in [6.45, 7) is 9.82. The summed E-state index contributed by atoms with van der Waals surface area (Å²) in [5.41, 5.74) is 5.86. The molecule has 2 aromatic heterocycles. The van der Waals surface area contributed by atoms with Crippen molar-refractivity contribution in [3.05, 3.63) is 207 Å². The summed E-state index contributed by atoms with van der Waals surface area (Å²) in [6.07, 6.45) is 11.1. The molecule has 16 heteroatoms. The number of rotatable bonds is 18. The minimum Gasteiger partial charge on any atom is -0.480 e. The van der Waals surface area contributed by atoms with E-state index < -0.39 is 11.6 Å². The number of carboxylic acids is 1. The van der Waals surface area contributed by atoms with Crippen LogP contribution in [0.2, 0.25) is 0 Å². The van der Waals surface area contributed by atoms with E-state index in [4.69, 9.17) is 29.3 Å². The number of benzene rings is 6. The lowest BCUT2D eigenvalue weighted by Crippen LogP contribution is -2.36. The second kappa shape index (κ2) is 31.0. The van der Waals surface area contributed by atoms with Crippen molar-refractivity contribution in [1.29, 1.82) is 0 Å². The molecule has 2 aliphatic heterocycles. The molecule has 8 aromatic rings. The minimum atomic E-state index is -0.925. The maximum atomic E-state index is 11.9. The number of aromatic nitrogens is 4. The molecule has 15 nitrogen and oxygen atoms in total. The van der Waals surface area contributed by atoms with E-state index in [0.717, 1.165) is 109 Å². The average molecular weight is 1190 g/mol. The van der Waals surface area contributed by atoms with Crippen molar-refractivity contribution < 1.29 is 28.9 Å². The van der Waals surface area contributed by atoms with Crippen LogP contribution >= 0.6 is 24.0 Å². The van der Waals surface area contributed by atoms with Crippen LogP contribution in [0.25, 0.3) is 0 Å². The van der Waals surface area contributed by atoms with E-state index in [9.17, 15) is 9.59 Å². The van der Waals surface area contributed by atoms with Gasteiger partial charge in [-0.3, -0.25) is 19.8 Å². The van der Waals surface area contributed by atoms with E-state index in [-0.39, 0.29) is 43.2 Å². The summed E-state index contributed by atoms with van der Waals surface area (Å²) in [4.78, 5) is 50.1. The van der Waals surface area contributed by atoms with E-state index in [1.807, 2.05) is 160 Å². The number of anilines is 10. The van der Waals surface area contributed by atoms with Gasteiger partial charge in [0.05, 0.1) is 38.0 Å². The molecular formula is C64H72IN9O6. The van der Waals surface area contributed by atoms with Crippen molar-refractivity contribution in [1.82, 2.24) is 19.9 Å². The van der Waals surface area contributed by atoms with Gasteiger partial charge in [0, 0.05) is 60.3 Å². The number of nitrogens with one attached hydrogen (secondary N) is 1. The summed E-state index contributed by atoms with van der Waals surface area (Å²) in [5.74, 6) is 2.80. The van der Waals surface area contributed by atoms with Crippen LogP contribution in [-0.4, -0.2) is 95.2 Å². The summed E-state index contributed by atoms with van der Waals surface area (Å²) in [7, 11) is 0. The van der Waals surface area contributed by atoms with Gasteiger partial charge in [-0.2, -0.15) is 0 Å². The Morgan fingerprint density at radius 3 is 1.16 bits per heavy atom. The highest BCUT2D eigenvalue weighted by molar-refractivity contribution is 14.0. The molecule has 0 radical (unpaired) electrons. The smallest absolute Gasteiger partial charge is 0.332 e. The third-order valence-electron chi connectivity index (χ3n) is 13.0. The summed E-state index contributed by atoms with van der Waals surface area (Å²) in [5, 5.41) is 12.0. The number of piperidine rings is 2. The van der Waals surface area contributed by atoms with E-state index in [2.05, 4.69) is 83.4 Å². The fraction of sp³-hybridized carbons (Fsp3) is 0.281. The van der Waals surface area contributed by atoms with Crippen LogP contribution < -0.4 is 24.9 Å². The number of ether oxygens (including phenoxy) is 3. The molecule has 0 spiro atoms. The Hall–Kier alpha value is -7.93. The fourth-order valence-electron chi connectivity index (χ4n) is 9.21. The molecule has 0 saturated carbocycles. The molecule has 416 valence electrons. The number of para-hydroxylation sites is 6. The number of carbonyl (C=O) groups excluding carboxylic acids is 1. The van der Waals surface area contributed by atoms with Crippen molar-refractivity contribution in [3.8, 4) is 0 Å². The normalized spacial score (nSPS) is 13.5. The number of carbonyl (C=O) groups is 2. The lowest BCUT2D eigenvalue weighted by molar-refractivity contribution is -0.160. The molecule has 0 atom stereocenters. The number of nitrogens with zero attached hydrogens (tertiary/aromatic N) is 8. The minimum absolute atomic E-state index is 0. The van der Waals surface area contributed by atoms with Crippen LogP contribution in [0.4, 0.5) is 57.4 Å². The van der Waals surface area contributed by atoms with Crippen molar-refractivity contribution >= 4 is 93.3 Å². The number of hydrogen-bond acceptors (Lipinski definition) is 14. The highest BCUT2D eigenvalue weighted by Crippen LogP contribution is 2.36. The molecule has 4 heterocycles. The summed E-state index contributed by atoms with van der Waals surface area (Å²) in [6, 6.07) is 61.0. The lowest BCUT2D eigenvalue weighted by Gasteiger charge is -2.33. The zero-order valence-electron chi connectivity index (χ0n) is 45.7. The van der Waals surface area contributed by atoms with Crippen LogP contribution in [-0.2, 0) is 23.8 Å². The van der Waals surface area contributed by atoms with Gasteiger partial charge in [-0.1, -0.05) is 109 Å². The SMILES string of the molecule is CC(C)(C)OC(=O)COCC1CCN(c2cncc(N(c3ccccc3)c3ccccc3)n2)CC1.I.O=C(O)COCC1CCN(c2cncc(N(c3ccccc3)c3ccccc3)n2)CC1.c1ccc(Nc2ccccc2)cc1. The van der Waals surface area contributed by atoms with Crippen LogP contribution in [0.3, 0.4) is 0 Å². The van der Waals surface area contributed by atoms with Gasteiger partial charge in [0.1, 0.15) is 30.5 Å². The number of halogens is 1. The Kier molecular flexibility index (Phi) is 23.2. The first-order chi connectivity index (χ1) is 38.5. The number of hydrogen-bond donors (Lipinski definition) is 2. The average Bonchev–Trinajstić information content (AvgIpc) is 3.47. The Morgan fingerprint density at radius 1 is 0.512 bits per heavy atom. The van der Waals surface area contributed by atoms with Gasteiger partial charge in [-0.15, -0.1) is 24.0 Å². The molecule has 2 fully saturated rings. The molecule has 2 N–H and O–H groups in total. The Bertz CT molecular complexity index is 2930. The standard InChI is InChI=1S/C28H34N4O3.C24H26N4O3.C12H11N.HI/c1-28(2,3)35-27(33)21-34-20-22-14-16-31(17-15-22)25-18-29-19-26(30-25)32(23-10-6-4-7-11-23)24-12-8-5-9-13-24;29-24(30)18-31-17-19-11-13-27(14-12-19)22-15-25-16-23(26-22)28(20-7-3-1-4-8-20)21-9-5-2-6-10-21;1-3-7-11(8-4-1)13-12-9-5-2-6-10-12;/h4-13,18-19,22H,14-17,20-21H2,1-3H3;1-10,15-16,19H,11-14,17-18H2,(H,29,30);1-10,13H;1H. The zero-order valence-corrected chi connectivity index (χ0v) is 48.1. The summed E-state index contributed by atoms with van der Waals surface area (Å²) < 4.78 is 16.2. The molecular weight excluding hydrogens is 1120 g/mol. The van der Waals surface area contributed by atoms with Gasteiger partial charge in [0.2, 0.25) is 0 Å². The van der Waals surface area contributed by atoms with E-state index in [0.29, 0.717) is 25.0 Å². The molecule has 0 unspecified atom stereocenters. The number of aliphatic carboxylic acids is 1. The monoisotopic (exact) mass is 1190 g/mol. The maximum absolute atomic E-state index is 11.9. The zero-order chi connectivity index (χ0) is 55.1. The topological polar surface area (TPSA) is 159 Å². The van der Waals surface area contributed by atoms with Gasteiger partial charge in [-0.05, 0) is 131 Å². The van der Waals surface area contributed by atoms with Gasteiger partial charge < -0.3 is 34.4 Å². The molecule has 0 bridgehead atoms. The number of carboxylic acid groups (broad SMARTS) is 1. The second-order valence-electron chi connectivity index (χ2n) is 20.2. The van der Waals surface area contributed by atoms with Crippen LogP contribution in [0.15, 0.2) is 207 Å². The van der Waals surface area contributed by atoms with E-state index >= 15 is 0 Å². The predicted molar refractivity (Wildman–Crippen MR) is 330 cm³/mol. The highest BCUT2D eigenvalue weighted by Gasteiger charge is 2.25. The summed E-state index contributed by atoms with van der Waals surface area (Å²) >= 11 is 0. The third-order valence-corrected chi connectivity index (χ3v) is 13.0. The van der Waals surface area contributed by atoms with E-state index in [1.54, 1.807) is 18.6 Å². The quantitative estimate of drug-likeness (QED) is 0.0617. The van der Waals surface area contributed by atoms with Crippen LogP contribution in [0.1, 0.15) is 46.5 Å².